The summed E-state index contributed by atoms with van der Waals surface area (Å²) in [4.78, 5) is 0. The van der Waals surface area contributed by atoms with Gasteiger partial charge in [0.25, 0.3) is 0 Å². The second-order valence-corrected chi connectivity index (χ2v) is 5.92. The van der Waals surface area contributed by atoms with E-state index in [0.717, 1.165) is 12.3 Å². The Bertz CT molecular complexity index is 405. The second-order valence-electron chi connectivity index (χ2n) is 5.92. The molecule has 0 spiro atoms. The molecule has 104 valence electrons. The van der Waals surface area contributed by atoms with Crippen LogP contribution in [0.4, 0.5) is 0 Å². The van der Waals surface area contributed by atoms with Gasteiger partial charge in [0.15, 0.2) is 0 Å². The van der Waals surface area contributed by atoms with E-state index in [9.17, 15) is 0 Å². The maximum Gasteiger partial charge on any atom is 0.0240 e. The molecule has 0 heterocycles. The van der Waals surface area contributed by atoms with Crippen LogP contribution in [0.5, 0.6) is 0 Å². The molecule has 0 atom stereocenters. The SMILES string of the molecule is CCC#CC1=CCC(C2CCCC2)=C1CCCCC. The average molecular weight is 256 g/mol. The van der Waals surface area contributed by atoms with Gasteiger partial charge in [-0.15, -0.1) is 0 Å². The van der Waals surface area contributed by atoms with Gasteiger partial charge < -0.3 is 0 Å². The zero-order valence-corrected chi connectivity index (χ0v) is 12.7. The fourth-order valence-electron chi connectivity index (χ4n) is 3.48. The van der Waals surface area contributed by atoms with Gasteiger partial charge in [-0.2, -0.15) is 0 Å². The van der Waals surface area contributed by atoms with Crippen molar-refractivity contribution in [2.24, 2.45) is 5.92 Å². The molecule has 2 rings (SSSR count). The summed E-state index contributed by atoms with van der Waals surface area (Å²) >= 11 is 0. The quantitative estimate of drug-likeness (QED) is 0.431. The van der Waals surface area contributed by atoms with Crippen molar-refractivity contribution in [1.82, 2.24) is 0 Å². The predicted octanol–water partition coefficient (Wildman–Crippen LogP) is 5.80. The molecule has 0 bridgehead atoms. The number of unbranched alkanes of at least 4 members (excludes halogenated alkanes) is 2. The highest BCUT2D eigenvalue weighted by Gasteiger charge is 2.25. The molecule has 0 unspecified atom stereocenters. The van der Waals surface area contributed by atoms with Gasteiger partial charge in [0.2, 0.25) is 0 Å². The maximum absolute atomic E-state index is 3.41. The van der Waals surface area contributed by atoms with Gasteiger partial charge in [0.1, 0.15) is 0 Å². The molecule has 0 radical (unpaired) electrons. The lowest BCUT2D eigenvalue weighted by molar-refractivity contribution is 0.618. The predicted molar refractivity (Wildman–Crippen MR) is 83.9 cm³/mol. The topological polar surface area (TPSA) is 0 Å². The van der Waals surface area contributed by atoms with E-state index in [2.05, 4.69) is 31.8 Å². The Hall–Kier alpha value is -0.960. The summed E-state index contributed by atoms with van der Waals surface area (Å²) in [5.74, 6) is 7.57. The molecule has 0 heteroatoms. The molecule has 0 N–H and O–H groups in total. The molecule has 0 aliphatic heterocycles. The molecule has 2 aliphatic rings. The number of hydrogen-bond donors (Lipinski definition) is 0. The van der Waals surface area contributed by atoms with E-state index >= 15 is 0 Å². The highest BCUT2D eigenvalue weighted by molar-refractivity contribution is 5.53. The van der Waals surface area contributed by atoms with Crippen LogP contribution in [0, 0.1) is 17.8 Å². The van der Waals surface area contributed by atoms with Crippen molar-refractivity contribution in [2.45, 2.75) is 78.1 Å². The van der Waals surface area contributed by atoms with Crippen LogP contribution in [0.2, 0.25) is 0 Å². The summed E-state index contributed by atoms with van der Waals surface area (Å²) in [7, 11) is 0. The van der Waals surface area contributed by atoms with Gasteiger partial charge in [-0.1, -0.05) is 63.0 Å². The normalized spacial score (nSPS) is 19.6. The van der Waals surface area contributed by atoms with Crippen molar-refractivity contribution in [3.8, 4) is 11.8 Å². The van der Waals surface area contributed by atoms with Crippen LogP contribution in [-0.2, 0) is 0 Å². The van der Waals surface area contributed by atoms with Crippen molar-refractivity contribution in [1.29, 1.82) is 0 Å². The standard InChI is InChI=1S/C19H28/c1-3-5-7-13-18-17(10-6-4-2)14-15-19(18)16-11-8-9-12-16/h14,16H,3-5,7-9,11-13,15H2,1-2H3. The lowest BCUT2D eigenvalue weighted by Crippen LogP contribution is -2.00. The number of rotatable bonds is 5. The smallest absolute Gasteiger partial charge is 0.0240 e. The lowest BCUT2D eigenvalue weighted by atomic mass is 9.90. The van der Waals surface area contributed by atoms with E-state index in [0.29, 0.717) is 0 Å². The molecule has 2 aliphatic carbocycles. The van der Waals surface area contributed by atoms with Gasteiger partial charge in [0, 0.05) is 12.0 Å². The minimum atomic E-state index is 0.883. The second kappa shape index (κ2) is 7.59. The summed E-state index contributed by atoms with van der Waals surface area (Å²) in [6, 6.07) is 0. The van der Waals surface area contributed by atoms with E-state index < -0.39 is 0 Å². The van der Waals surface area contributed by atoms with Crippen molar-refractivity contribution >= 4 is 0 Å². The molecule has 1 saturated carbocycles. The third kappa shape index (κ3) is 3.75. The van der Waals surface area contributed by atoms with Crippen LogP contribution in [0.25, 0.3) is 0 Å². The molecule has 0 aromatic rings. The number of hydrogen-bond acceptors (Lipinski definition) is 0. The van der Waals surface area contributed by atoms with Crippen molar-refractivity contribution in [3.05, 3.63) is 22.8 Å². The highest BCUT2D eigenvalue weighted by Crippen LogP contribution is 2.41. The minimum Gasteiger partial charge on any atom is -0.0982 e. The van der Waals surface area contributed by atoms with Crippen LogP contribution < -0.4 is 0 Å². The van der Waals surface area contributed by atoms with Gasteiger partial charge in [-0.3, -0.25) is 0 Å². The molecule has 0 nitrogen and oxygen atoms in total. The van der Waals surface area contributed by atoms with Crippen LogP contribution in [0.3, 0.4) is 0 Å². The Morgan fingerprint density at radius 2 is 1.95 bits per heavy atom. The first-order chi connectivity index (χ1) is 9.36. The zero-order chi connectivity index (χ0) is 13.5. The summed E-state index contributed by atoms with van der Waals surface area (Å²) in [6.45, 7) is 4.43. The van der Waals surface area contributed by atoms with Crippen LogP contribution in [-0.4, -0.2) is 0 Å². The average Bonchev–Trinajstić information content (AvgIpc) is 3.05. The monoisotopic (exact) mass is 256 g/mol. The highest BCUT2D eigenvalue weighted by atomic mass is 14.3. The fraction of sp³-hybridized carbons (Fsp3) is 0.684. The largest absolute Gasteiger partial charge is 0.0982 e. The first kappa shape index (κ1) is 14.4. The molecule has 0 aromatic heterocycles. The molecular formula is C19H28. The fourth-order valence-corrected chi connectivity index (χ4v) is 3.48. The van der Waals surface area contributed by atoms with Crippen LogP contribution >= 0.6 is 0 Å². The summed E-state index contributed by atoms with van der Waals surface area (Å²) in [5, 5.41) is 0. The van der Waals surface area contributed by atoms with Gasteiger partial charge in [-0.05, 0) is 43.6 Å². The molecular weight excluding hydrogens is 228 g/mol. The van der Waals surface area contributed by atoms with E-state index in [1.165, 1.54) is 63.4 Å². The Balaban J connectivity index is 2.11. The maximum atomic E-state index is 3.41. The molecule has 0 amide bonds. The first-order valence-corrected chi connectivity index (χ1v) is 8.28. The molecule has 0 saturated heterocycles. The molecule has 1 fully saturated rings. The Kier molecular flexibility index (Phi) is 5.77. The Morgan fingerprint density at radius 3 is 2.63 bits per heavy atom. The van der Waals surface area contributed by atoms with Gasteiger partial charge >= 0.3 is 0 Å². The van der Waals surface area contributed by atoms with Gasteiger partial charge in [0.05, 0.1) is 0 Å². The van der Waals surface area contributed by atoms with Crippen molar-refractivity contribution < 1.29 is 0 Å². The number of allylic oxidation sites excluding steroid dienone is 4. The van der Waals surface area contributed by atoms with E-state index in [1.807, 2.05) is 0 Å². The summed E-state index contributed by atoms with van der Waals surface area (Å²) in [6.07, 6.45) is 15.6. The van der Waals surface area contributed by atoms with E-state index in [4.69, 9.17) is 0 Å². The molecule has 19 heavy (non-hydrogen) atoms. The third-order valence-corrected chi connectivity index (χ3v) is 4.52. The zero-order valence-electron chi connectivity index (χ0n) is 12.7. The third-order valence-electron chi connectivity index (χ3n) is 4.52. The van der Waals surface area contributed by atoms with Crippen LogP contribution in [0.15, 0.2) is 22.8 Å². The Labute approximate surface area is 119 Å². The Morgan fingerprint density at radius 1 is 1.16 bits per heavy atom. The van der Waals surface area contributed by atoms with Crippen molar-refractivity contribution in [3.63, 3.8) is 0 Å². The van der Waals surface area contributed by atoms with Crippen LogP contribution in [0.1, 0.15) is 78.1 Å². The van der Waals surface area contributed by atoms with E-state index in [-0.39, 0.29) is 0 Å². The molecule has 0 aromatic carbocycles. The van der Waals surface area contributed by atoms with E-state index in [1.54, 1.807) is 11.1 Å². The summed E-state index contributed by atoms with van der Waals surface area (Å²) in [5.41, 5.74) is 4.77. The van der Waals surface area contributed by atoms with Crippen molar-refractivity contribution in [2.75, 3.05) is 0 Å². The summed E-state index contributed by atoms with van der Waals surface area (Å²) < 4.78 is 0. The minimum absolute atomic E-state index is 0.883. The lowest BCUT2D eigenvalue weighted by Gasteiger charge is -2.15. The first-order valence-electron chi connectivity index (χ1n) is 8.28. The van der Waals surface area contributed by atoms with Gasteiger partial charge in [-0.25, -0.2) is 0 Å².